The quantitative estimate of drug-likeness (QED) is 0.691. The maximum Gasteiger partial charge on any atom is 0.416 e. The van der Waals surface area contributed by atoms with Gasteiger partial charge in [-0.25, -0.2) is 10.4 Å². The number of nitrogens with zero attached hydrogens (tertiary/aromatic N) is 2. The SMILES string of the molecule is COCCN1CC(C(=O)Nc2ccc(C(F)(F)F)cc2)C2NN(c3ccccc3)C(=O)C2C1. The van der Waals surface area contributed by atoms with Gasteiger partial charge in [-0.1, -0.05) is 18.2 Å². The van der Waals surface area contributed by atoms with E-state index in [0.717, 1.165) is 12.1 Å². The molecule has 2 saturated heterocycles. The molecule has 7 nitrogen and oxygen atoms in total. The Morgan fingerprint density at radius 1 is 1.12 bits per heavy atom. The van der Waals surface area contributed by atoms with Gasteiger partial charge in [-0.15, -0.1) is 0 Å². The molecule has 2 aromatic carbocycles. The largest absolute Gasteiger partial charge is 0.416 e. The molecular weight excluding hydrogens is 437 g/mol. The van der Waals surface area contributed by atoms with Crippen molar-refractivity contribution in [2.24, 2.45) is 11.8 Å². The molecule has 10 heteroatoms. The number of alkyl halides is 3. The summed E-state index contributed by atoms with van der Waals surface area (Å²) < 4.78 is 43.6. The number of halogens is 3. The molecule has 0 bridgehead atoms. The third kappa shape index (κ3) is 5.02. The predicted molar refractivity (Wildman–Crippen MR) is 116 cm³/mol. The summed E-state index contributed by atoms with van der Waals surface area (Å²) >= 11 is 0. The van der Waals surface area contributed by atoms with Gasteiger partial charge in [0, 0.05) is 32.4 Å². The molecule has 3 atom stereocenters. The standard InChI is InChI=1S/C23H25F3N4O3/c1-33-12-11-29-13-18(21(31)27-16-9-7-15(8-10-16)23(24,25)26)20-19(14-29)22(32)30(28-20)17-5-3-2-4-6-17/h2-10,18-20,28H,11-14H2,1H3,(H,27,31). The highest BCUT2D eigenvalue weighted by Crippen LogP contribution is 2.33. The van der Waals surface area contributed by atoms with E-state index >= 15 is 0 Å². The highest BCUT2D eigenvalue weighted by molar-refractivity contribution is 6.00. The van der Waals surface area contributed by atoms with Gasteiger partial charge in [-0.2, -0.15) is 13.2 Å². The number of anilines is 2. The highest BCUT2D eigenvalue weighted by atomic mass is 19.4. The summed E-state index contributed by atoms with van der Waals surface area (Å²) in [6.45, 7) is 1.88. The Labute approximate surface area is 189 Å². The number of carbonyl (C=O) groups is 2. The lowest BCUT2D eigenvalue weighted by molar-refractivity contribution is -0.137. The maximum atomic E-state index is 13.2. The van der Waals surface area contributed by atoms with Crippen molar-refractivity contribution in [2.75, 3.05) is 43.7 Å². The fraction of sp³-hybridized carbons (Fsp3) is 0.391. The van der Waals surface area contributed by atoms with Crippen molar-refractivity contribution < 1.29 is 27.5 Å². The summed E-state index contributed by atoms with van der Waals surface area (Å²) in [5.74, 6) is -1.53. The zero-order valence-corrected chi connectivity index (χ0v) is 18.0. The number of benzene rings is 2. The number of rotatable bonds is 6. The van der Waals surface area contributed by atoms with Crippen LogP contribution in [0.15, 0.2) is 54.6 Å². The molecule has 2 aliphatic rings. The molecule has 33 heavy (non-hydrogen) atoms. The van der Waals surface area contributed by atoms with Gasteiger partial charge in [-0.05, 0) is 36.4 Å². The number of hydrogen-bond acceptors (Lipinski definition) is 5. The van der Waals surface area contributed by atoms with Crippen LogP contribution >= 0.6 is 0 Å². The second-order valence-corrected chi connectivity index (χ2v) is 8.19. The Morgan fingerprint density at radius 3 is 2.45 bits per heavy atom. The Balaban J connectivity index is 1.54. The summed E-state index contributed by atoms with van der Waals surface area (Å²) in [6, 6.07) is 13.0. The molecule has 4 rings (SSSR count). The molecule has 0 spiro atoms. The molecule has 0 saturated carbocycles. The van der Waals surface area contributed by atoms with E-state index in [1.54, 1.807) is 7.11 Å². The van der Waals surface area contributed by atoms with Crippen molar-refractivity contribution in [1.29, 1.82) is 0 Å². The maximum absolute atomic E-state index is 13.2. The fourth-order valence-electron chi connectivity index (χ4n) is 4.33. The van der Waals surface area contributed by atoms with Crippen molar-refractivity contribution >= 4 is 23.2 Å². The van der Waals surface area contributed by atoms with Crippen LogP contribution in [-0.4, -0.2) is 56.1 Å². The molecular formula is C23H25F3N4O3. The minimum atomic E-state index is -4.45. The molecule has 0 radical (unpaired) electrons. The number of amides is 2. The van der Waals surface area contributed by atoms with Crippen LogP contribution in [0.5, 0.6) is 0 Å². The molecule has 0 aromatic heterocycles. The van der Waals surface area contributed by atoms with E-state index < -0.39 is 29.6 Å². The van der Waals surface area contributed by atoms with Crippen molar-refractivity contribution in [3.63, 3.8) is 0 Å². The van der Waals surface area contributed by atoms with Crippen LogP contribution in [0.2, 0.25) is 0 Å². The summed E-state index contributed by atoms with van der Waals surface area (Å²) in [7, 11) is 1.58. The average molecular weight is 462 g/mol. The van der Waals surface area contributed by atoms with Gasteiger partial charge in [0.2, 0.25) is 11.8 Å². The van der Waals surface area contributed by atoms with Gasteiger partial charge in [0.15, 0.2) is 0 Å². The van der Waals surface area contributed by atoms with E-state index in [0.29, 0.717) is 31.9 Å². The van der Waals surface area contributed by atoms with Gasteiger partial charge in [-0.3, -0.25) is 14.5 Å². The lowest BCUT2D eigenvalue weighted by Gasteiger charge is -2.38. The number of hydrazine groups is 1. The Bertz CT molecular complexity index is 985. The first-order valence-corrected chi connectivity index (χ1v) is 10.6. The van der Waals surface area contributed by atoms with E-state index in [4.69, 9.17) is 4.74 Å². The molecule has 0 aliphatic carbocycles. The van der Waals surface area contributed by atoms with Crippen molar-refractivity contribution in [3.05, 3.63) is 60.2 Å². The van der Waals surface area contributed by atoms with E-state index in [1.807, 2.05) is 35.2 Å². The first kappa shape index (κ1) is 23.2. The molecule has 2 heterocycles. The molecule has 2 aliphatic heterocycles. The normalized spacial score (nSPS) is 23.5. The molecule has 176 valence electrons. The van der Waals surface area contributed by atoms with Gasteiger partial charge in [0.1, 0.15) is 0 Å². The monoisotopic (exact) mass is 462 g/mol. The lowest BCUT2D eigenvalue weighted by atomic mass is 9.84. The van der Waals surface area contributed by atoms with Crippen molar-refractivity contribution in [1.82, 2.24) is 10.3 Å². The second kappa shape index (κ2) is 9.50. The smallest absolute Gasteiger partial charge is 0.383 e. The number of para-hydroxylation sites is 1. The summed E-state index contributed by atoms with van der Waals surface area (Å²) in [5.41, 5.74) is 3.36. The first-order chi connectivity index (χ1) is 15.8. The summed E-state index contributed by atoms with van der Waals surface area (Å²) in [4.78, 5) is 28.4. The third-order valence-corrected chi connectivity index (χ3v) is 6.04. The number of nitrogens with one attached hydrogen (secondary N) is 2. The minimum absolute atomic E-state index is 0.124. The topological polar surface area (TPSA) is 73.9 Å². The molecule has 2 aromatic rings. The fourth-order valence-corrected chi connectivity index (χ4v) is 4.33. The molecule has 2 N–H and O–H groups in total. The number of carbonyl (C=O) groups excluding carboxylic acids is 2. The highest BCUT2D eigenvalue weighted by Gasteiger charge is 2.50. The van der Waals surface area contributed by atoms with Gasteiger partial charge < -0.3 is 10.1 Å². The number of piperidine rings is 1. The Hall–Kier alpha value is -2.95. The summed E-state index contributed by atoms with van der Waals surface area (Å²) in [6.07, 6.45) is -4.45. The number of ether oxygens (including phenoxy) is 1. The number of hydrogen-bond donors (Lipinski definition) is 2. The zero-order valence-electron chi connectivity index (χ0n) is 18.0. The Kier molecular flexibility index (Phi) is 6.68. The second-order valence-electron chi connectivity index (χ2n) is 8.19. The third-order valence-electron chi connectivity index (χ3n) is 6.04. The van der Waals surface area contributed by atoms with Crippen LogP contribution in [0.3, 0.4) is 0 Å². The van der Waals surface area contributed by atoms with E-state index in [1.165, 1.54) is 17.1 Å². The van der Waals surface area contributed by atoms with Crippen LogP contribution in [0.1, 0.15) is 5.56 Å². The molecule has 3 unspecified atom stereocenters. The predicted octanol–water partition coefficient (Wildman–Crippen LogP) is 2.76. The van der Waals surface area contributed by atoms with E-state index in [-0.39, 0.29) is 17.5 Å². The van der Waals surface area contributed by atoms with Gasteiger partial charge in [0.25, 0.3) is 0 Å². The van der Waals surface area contributed by atoms with E-state index in [9.17, 15) is 22.8 Å². The van der Waals surface area contributed by atoms with Gasteiger partial charge in [0.05, 0.1) is 35.7 Å². The van der Waals surface area contributed by atoms with Crippen molar-refractivity contribution in [3.8, 4) is 0 Å². The molecule has 2 amide bonds. The van der Waals surface area contributed by atoms with E-state index in [2.05, 4.69) is 10.7 Å². The van der Waals surface area contributed by atoms with Crippen LogP contribution in [0.25, 0.3) is 0 Å². The lowest BCUT2D eigenvalue weighted by Crippen LogP contribution is -2.56. The Morgan fingerprint density at radius 2 is 1.82 bits per heavy atom. The van der Waals surface area contributed by atoms with Gasteiger partial charge >= 0.3 is 6.18 Å². The minimum Gasteiger partial charge on any atom is -0.383 e. The van der Waals surface area contributed by atoms with Crippen LogP contribution in [0, 0.1) is 11.8 Å². The average Bonchev–Trinajstić information content (AvgIpc) is 3.14. The first-order valence-electron chi connectivity index (χ1n) is 10.6. The summed E-state index contributed by atoms with van der Waals surface area (Å²) in [5, 5.41) is 4.19. The zero-order chi connectivity index (χ0) is 23.6. The number of fused-ring (bicyclic) bond motifs is 1. The van der Waals surface area contributed by atoms with Crippen LogP contribution in [-0.2, 0) is 20.5 Å². The van der Waals surface area contributed by atoms with Crippen molar-refractivity contribution in [2.45, 2.75) is 12.2 Å². The van der Waals surface area contributed by atoms with Crippen LogP contribution in [0.4, 0.5) is 24.5 Å². The van der Waals surface area contributed by atoms with Crippen LogP contribution < -0.4 is 15.8 Å². The number of methoxy groups -OCH3 is 1. The number of likely N-dealkylation sites (tertiary alicyclic amines) is 1. The molecule has 2 fully saturated rings.